The Kier molecular flexibility index (Phi) is 6.80. The van der Waals surface area contributed by atoms with Crippen LogP contribution in [0.4, 0.5) is 0 Å². The molecule has 1 aliphatic rings. The highest BCUT2D eigenvalue weighted by Crippen LogP contribution is 2.52. The zero-order valence-electron chi connectivity index (χ0n) is 27.4. The number of fused-ring (bicyclic) bond motifs is 5. The van der Waals surface area contributed by atoms with Crippen LogP contribution >= 0.6 is 0 Å². The van der Waals surface area contributed by atoms with Crippen molar-refractivity contribution in [3.05, 3.63) is 175 Å². The van der Waals surface area contributed by atoms with Crippen molar-refractivity contribution in [3.63, 3.8) is 0 Å². The minimum atomic E-state index is -0.0958. The fraction of sp³-hybridized carbons (Fsp3) is 0.0652. The number of hydrogen-bond donors (Lipinski definition) is 0. The number of pyridine rings is 1. The first-order valence-electron chi connectivity index (χ1n) is 16.8. The van der Waals surface area contributed by atoms with E-state index in [0.29, 0.717) is 5.82 Å². The lowest BCUT2D eigenvalue weighted by Crippen LogP contribution is -2.15. The SMILES string of the molecule is CC1(C)c2cc(-c3cccc(-c4cc(-c5ccc(-c6ccncc6)cc5)nc(-c5ccccc5)n4)c3)ccc2-c2c1ccc1ccccc21. The molecule has 0 atom stereocenters. The monoisotopic (exact) mass is 627 g/mol. The zero-order chi connectivity index (χ0) is 33.0. The number of nitrogens with zero attached hydrogens (tertiary/aromatic N) is 3. The Balaban J connectivity index is 1.13. The molecule has 0 aliphatic heterocycles. The second-order valence-electron chi connectivity index (χ2n) is 13.3. The summed E-state index contributed by atoms with van der Waals surface area (Å²) in [7, 11) is 0. The van der Waals surface area contributed by atoms with E-state index in [0.717, 1.165) is 39.2 Å². The van der Waals surface area contributed by atoms with Crippen molar-refractivity contribution >= 4 is 10.8 Å². The fourth-order valence-corrected chi connectivity index (χ4v) is 7.38. The maximum Gasteiger partial charge on any atom is 0.160 e. The van der Waals surface area contributed by atoms with Gasteiger partial charge in [0.05, 0.1) is 11.4 Å². The average molecular weight is 628 g/mol. The molecule has 49 heavy (non-hydrogen) atoms. The van der Waals surface area contributed by atoms with E-state index in [1.54, 1.807) is 0 Å². The minimum Gasteiger partial charge on any atom is -0.265 e. The summed E-state index contributed by atoms with van der Waals surface area (Å²) in [5.74, 6) is 0.709. The standard InChI is InChI=1S/C46H33N3/c1-46(2)40-22-20-32-9-6-7-14-38(32)44(40)39-21-19-36(28-41(39)46)35-12-8-13-37(27-35)43-29-42(48-45(49-43)34-10-4-3-5-11-34)33-17-15-30(16-18-33)31-23-25-47-26-24-31/h3-29H,1-2H3. The highest BCUT2D eigenvalue weighted by Gasteiger charge is 2.36. The van der Waals surface area contributed by atoms with Gasteiger partial charge in [-0.3, -0.25) is 4.98 Å². The average Bonchev–Trinajstić information content (AvgIpc) is 3.41. The van der Waals surface area contributed by atoms with Gasteiger partial charge >= 0.3 is 0 Å². The molecule has 6 aromatic carbocycles. The third-order valence-corrected chi connectivity index (χ3v) is 10.0. The predicted molar refractivity (Wildman–Crippen MR) is 202 cm³/mol. The first-order valence-corrected chi connectivity index (χ1v) is 16.8. The van der Waals surface area contributed by atoms with Gasteiger partial charge in [0, 0.05) is 34.5 Å². The van der Waals surface area contributed by atoms with Crippen molar-refractivity contribution in [1.29, 1.82) is 0 Å². The second-order valence-corrected chi connectivity index (χ2v) is 13.3. The summed E-state index contributed by atoms with van der Waals surface area (Å²) in [5.41, 5.74) is 14.9. The van der Waals surface area contributed by atoms with Crippen LogP contribution in [0.2, 0.25) is 0 Å². The van der Waals surface area contributed by atoms with Gasteiger partial charge < -0.3 is 0 Å². The molecular weight excluding hydrogens is 595 g/mol. The van der Waals surface area contributed by atoms with Gasteiger partial charge in [-0.15, -0.1) is 0 Å². The van der Waals surface area contributed by atoms with Crippen molar-refractivity contribution in [1.82, 2.24) is 15.0 Å². The van der Waals surface area contributed by atoms with Crippen LogP contribution in [0.15, 0.2) is 164 Å². The number of aromatic nitrogens is 3. The van der Waals surface area contributed by atoms with Gasteiger partial charge in [-0.2, -0.15) is 0 Å². The van der Waals surface area contributed by atoms with Crippen molar-refractivity contribution in [2.45, 2.75) is 19.3 Å². The lowest BCUT2D eigenvalue weighted by Gasteiger charge is -2.22. The van der Waals surface area contributed by atoms with Gasteiger partial charge in [0.25, 0.3) is 0 Å². The molecule has 9 rings (SSSR count). The number of rotatable bonds is 5. The molecule has 232 valence electrons. The third-order valence-electron chi connectivity index (χ3n) is 10.0. The summed E-state index contributed by atoms with van der Waals surface area (Å²) < 4.78 is 0. The maximum atomic E-state index is 5.12. The molecular formula is C46H33N3. The van der Waals surface area contributed by atoms with Crippen LogP contribution in [0.5, 0.6) is 0 Å². The van der Waals surface area contributed by atoms with E-state index in [1.807, 2.05) is 42.7 Å². The van der Waals surface area contributed by atoms with Gasteiger partial charge in [0.1, 0.15) is 0 Å². The van der Waals surface area contributed by atoms with E-state index in [2.05, 4.69) is 140 Å². The molecule has 0 N–H and O–H groups in total. The smallest absolute Gasteiger partial charge is 0.160 e. The van der Waals surface area contributed by atoms with Gasteiger partial charge in [0.15, 0.2) is 5.82 Å². The molecule has 3 nitrogen and oxygen atoms in total. The largest absolute Gasteiger partial charge is 0.265 e. The molecule has 0 unspecified atom stereocenters. The zero-order valence-corrected chi connectivity index (χ0v) is 27.4. The van der Waals surface area contributed by atoms with Crippen molar-refractivity contribution in [2.75, 3.05) is 0 Å². The Labute approximate surface area is 286 Å². The predicted octanol–water partition coefficient (Wildman–Crippen LogP) is 11.7. The summed E-state index contributed by atoms with van der Waals surface area (Å²) in [5, 5.41) is 2.60. The Morgan fingerprint density at radius 1 is 0.429 bits per heavy atom. The molecule has 0 radical (unpaired) electrons. The number of hydrogen-bond acceptors (Lipinski definition) is 3. The Bertz CT molecular complexity index is 2500. The Hall–Kier alpha value is -6.19. The van der Waals surface area contributed by atoms with E-state index in [9.17, 15) is 0 Å². The Morgan fingerprint density at radius 2 is 1.06 bits per heavy atom. The summed E-state index contributed by atoms with van der Waals surface area (Å²) >= 11 is 0. The topological polar surface area (TPSA) is 38.7 Å². The minimum absolute atomic E-state index is 0.0958. The molecule has 8 aromatic rings. The fourth-order valence-electron chi connectivity index (χ4n) is 7.38. The quantitative estimate of drug-likeness (QED) is 0.191. The van der Waals surface area contributed by atoms with Crippen LogP contribution in [-0.4, -0.2) is 15.0 Å². The first kappa shape index (κ1) is 29.0. The molecule has 0 bridgehead atoms. The molecule has 3 heteroatoms. The van der Waals surface area contributed by atoms with Crippen LogP contribution in [0.25, 0.3) is 78.1 Å². The number of benzene rings is 6. The van der Waals surface area contributed by atoms with E-state index in [1.165, 1.54) is 44.2 Å². The second kappa shape index (κ2) is 11.5. The molecule has 2 aromatic heterocycles. The lowest BCUT2D eigenvalue weighted by molar-refractivity contribution is 0.661. The molecule has 2 heterocycles. The Morgan fingerprint density at radius 3 is 1.88 bits per heavy atom. The van der Waals surface area contributed by atoms with Crippen molar-refractivity contribution in [2.24, 2.45) is 0 Å². The molecule has 0 fully saturated rings. The molecule has 0 spiro atoms. The molecule has 1 aliphatic carbocycles. The normalized spacial score (nSPS) is 12.9. The van der Waals surface area contributed by atoms with E-state index < -0.39 is 0 Å². The van der Waals surface area contributed by atoms with E-state index in [4.69, 9.17) is 9.97 Å². The van der Waals surface area contributed by atoms with Gasteiger partial charge in [-0.1, -0.05) is 135 Å². The first-order chi connectivity index (χ1) is 24.0. The highest BCUT2D eigenvalue weighted by molar-refractivity contribution is 6.02. The molecule has 0 saturated heterocycles. The maximum absolute atomic E-state index is 5.12. The summed E-state index contributed by atoms with van der Waals surface area (Å²) in [6.07, 6.45) is 3.65. The van der Waals surface area contributed by atoms with Crippen LogP contribution in [-0.2, 0) is 5.41 Å². The van der Waals surface area contributed by atoms with Gasteiger partial charge in [-0.25, -0.2) is 9.97 Å². The van der Waals surface area contributed by atoms with Crippen molar-refractivity contribution < 1.29 is 0 Å². The third kappa shape index (κ3) is 5.03. The van der Waals surface area contributed by atoms with E-state index in [-0.39, 0.29) is 5.41 Å². The van der Waals surface area contributed by atoms with E-state index >= 15 is 0 Å². The summed E-state index contributed by atoms with van der Waals surface area (Å²) in [4.78, 5) is 14.3. The van der Waals surface area contributed by atoms with Crippen LogP contribution in [0, 0.1) is 0 Å². The van der Waals surface area contributed by atoms with Gasteiger partial charge in [0.2, 0.25) is 0 Å². The van der Waals surface area contributed by atoms with Crippen LogP contribution in [0.3, 0.4) is 0 Å². The van der Waals surface area contributed by atoms with Gasteiger partial charge in [-0.05, 0) is 85.6 Å². The van der Waals surface area contributed by atoms with Crippen LogP contribution < -0.4 is 0 Å². The summed E-state index contributed by atoms with van der Waals surface area (Å²) in [6, 6.07) is 54.0. The van der Waals surface area contributed by atoms with Crippen LogP contribution in [0.1, 0.15) is 25.0 Å². The lowest BCUT2D eigenvalue weighted by atomic mass is 9.81. The molecule has 0 saturated carbocycles. The van der Waals surface area contributed by atoms with Crippen molar-refractivity contribution in [3.8, 4) is 67.3 Å². The highest BCUT2D eigenvalue weighted by atomic mass is 14.9. The summed E-state index contributed by atoms with van der Waals surface area (Å²) in [6.45, 7) is 4.70. The molecule has 0 amide bonds.